The Bertz CT molecular complexity index is 542. The summed E-state index contributed by atoms with van der Waals surface area (Å²) in [7, 11) is 0. The summed E-state index contributed by atoms with van der Waals surface area (Å²) in [6.45, 7) is 1.57. The molecule has 0 aliphatic rings. The van der Waals surface area contributed by atoms with Crippen molar-refractivity contribution in [2.24, 2.45) is 5.84 Å². The molecule has 2 rings (SSSR count). The molecule has 6 heteroatoms. The Morgan fingerprint density at radius 1 is 1.24 bits per heavy atom. The lowest BCUT2D eigenvalue weighted by Crippen LogP contribution is -2.13. The van der Waals surface area contributed by atoms with Gasteiger partial charge in [-0.05, 0) is 19.1 Å². The number of aryl methyl sites for hydroxylation is 1. The zero-order chi connectivity index (χ0) is 12.4. The fourth-order valence-corrected chi connectivity index (χ4v) is 1.65. The SMILES string of the molecule is Cc1nc(-c2ccc(Br)cc2)nc(NN)c1F. The van der Waals surface area contributed by atoms with Gasteiger partial charge in [0, 0.05) is 10.0 Å². The van der Waals surface area contributed by atoms with Crippen LogP contribution in [0.25, 0.3) is 11.4 Å². The largest absolute Gasteiger partial charge is 0.306 e. The Kier molecular flexibility index (Phi) is 3.35. The highest BCUT2D eigenvalue weighted by Crippen LogP contribution is 2.22. The number of halogens is 2. The molecule has 0 fully saturated rings. The highest BCUT2D eigenvalue weighted by molar-refractivity contribution is 9.10. The number of nitrogens with zero attached hydrogens (tertiary/aromatic N) is 2. The molecule has 0 saturated heterocycles. The van der Waals surface area contributed by atoms with Gasteiger partial charge in [-0.15, -0.1) is 0 Å². The van der Waals surface area contributed by atoms with Crippen LogP contribution in [0.4, 0.5) is 10.2 Å². The molecule has 0 saturated carbocycles. The van der Waals surface area contributed by atoms with Gasteiger partial charge < -0.3 is 5.43 Å². The summed E-state index contributed by atoms with van der Waals surface area (Å²) in [5, 5.41) is 0. The summed E-state index contributed by atoms with van der Waals surface area (Å²) in [6.07, 6.45) is 0. The van der Waals surface area contributed by atoms with Crippen LogP contribution in [0, 0.1) is 12.7 Å². The molecular weight excluding hydrogens is 287 g/mol. The third-order valence-electron chi connectivity index (χ3n) is 2.26. The molecule has 1 aromatic heterocycles. The van der Waals surface area contributed by atoms with E-state index in [4.69, 9.17) is 5.84 Å². The zero-order valence-corrected chi connectivity index (χ0v) is 10.6. The summed E-state index contributed by atoms with van der Waals surface area (Å²) in [5.41, 5.74) is 3.28. The normalized spacial score (nSPS) is 10.4. The van der Waals surface area contributed by atoms with Crippen LogP contribution < -0.4 is 11.3 Å². The number of nitrogens with one attached hydrogen (secondary N) is 1. The van der Waals surface area contributed by atoms with E-state index in [1.807, 2.05) is 24.3 Å². The molecule has 0 atom stereocenters. The van der Waals surface area contributed by atoms with Gasteiger partial charge in [-0.25, -0.2) is 20.2 Å². The molecule has 1 heterocycles. The van der Waals surface area contributed by atoms with Crippen molar-refractivity contribution in [2.75, 3.05) is 5.43 Å². The summed E-state index contributed by atoms with van der Waals surface area (Å²) in [6, 6.07) is 7.42. The first-order chi connectivity index (χ1) is 8.11. The van der Waals surface area contributed by atoms with Crippen molar-refractivity contribution in [1.29, 1.82) is 0 Å². The van der Waals surface area contributed by atoms with E-state index < -0.39 is 5.82 Å². The lowest BCUT2D eigenvalue weighted by Gasteiger charge is -2.07. The first-order valence-corrected chi connectivity index (χ1v) is 5.68. The summed E-state index contributed by atoms with van der Waals surface area (Å²) >= 11 is 3.34. The van der Waals surface area contributed by atoms with Gasteiger partial charge in [-0.3, -0.25) is 0 Å². The Balaban J connectivity index is 2.52. The quantitative estimate of drug-likeness (QED) is 0.660. The Hall–Kier alpha value is -1.53. The number of rotatable bonds is 2. The van der Waals surface area contributed by atoms with E-state index in [-0.39, 0.29) is 11.5 Å². The molecule has 3 N–H and O–H groups in total. The topological polar surface area (TPSA) is 63.8 Å². The van der Waals surface area contributed by atoms with Crippen molar-refractivity contribution in [1.82, 2.24) is 9.97 Å². The molecule has 0 aliphatic heterocycles. The molecule has 0 amide bonds. The van der Waals surface area contributed by atoms with Crippen molar-refractivity contribution in [2.45, 2.75) is 6.92 Å². The van der Waals surface area contributed by atoms with Gasteiger partial charge in [0.25, 0.3) is 0 Å². The van der Waals surface area contributed by atoms with Gasteiger partial charge in [0.1, 0.15) is 0 Å². The zero-order valence-electron chi connectivity index (χ0n) is 9.04. The Morgan fingerprint density at radius 3 is 2.47 bits per heavy atom. The average molecular weight is 297 g/mol. The van der Waals surface area contributed by atoms with Crippen LogP contribution >= 0.6 is 15.9 Å². The highest BCUT2D eigenvalue weighted by atomic mass is 79.9. The lowest BCUT2D eigenvalue weighted by atomic mass is 10.2. The number of nitrogen functional groups attached to an aromatic ring is 1. The van der Waals surface area contributed by atoms with Gasteiger partial charge >= 0.3 is 0 Å². The van der Waals surface area contributed by atoms with Crippen molar-refractivity contribution in [3.63, 3.8) is 0 Å². The molecule has 0 radical (unpaired) electrons. The van der Waals surface area contributed by atoms with Gasteiger partial charge in [0.15, 0.2) is 17.5 Å². The van der Waals surface area contributed by atoms with Crippen molar-refractivity contribution < 1.29 is 4.39 Å². The van der Waals surface area contributed by atoms with E-state index in [1.165, 1.54) is 0 Å². The van der Waals surface area contributed by atoms with E-state index >= 15 is 0 Å². The van der Waals surface area contributed by atoms with E-state index in [0.717, 1.165) is 10.0 Å². The van der Waals surface area contributed by atoms with E-state index in [0.29, 0.717) is 5.82 Å². The Labute approximate surface area is 106 Å². The smallest absolute Gasteiger partial charge is 0.187 e. The molecule has 88 valence electrons. The summed E-state index contributed by atoms with van der Waals surface area (Å²) < 4.78 is 14.4. The number of nitrogens with two attached hydrogens (primary N) is 1. The van der Waals surface area contributed by atoms with E-state index in [1.54, 1.807) is 6.92 Å². The van der Waals surface area contributed by atoms with Crippen LogP contribution in [0.15, 0.2) is 28.7 Å². The van der Waals surface area contributed by atoms with Crippen molar-refractivity contribution in [3.05, 3.63) is 40.2 Å². The first-order valence-electron chi connectivity index (χ1n) is 4.88. The fraction of sp³-hybridized carbons (Fsp3) is 0.0909. The molecule has 2 aromatic rings. The van der Waals surface area contributed by atoms with E-state index in [9.17, 15) is 4.39 Å². The number of hydrogen-bond acceptors (Lipinski definition) is 4. The minimum atomic E-state index is -0.534. The monoisotopic (exact) mass is 296 g/mol. The van der Waals surface area contributed by atoms with Crippen LogP contribution in [-0.2, 0) is 0 Å². The van der Waals surface area contributed by atoms with Crippen molar-refractivity contribution >= 4 is 21.7 Å². The summed E-state index contributed by atoms with van der Waals surface area (Å²) in [5.74, 6) is 5.10. The van der Waals surface area contributed by atoms with Crippen LogP contribution in [0.1, 0.15) is 5.69 Å². The highest BCUT2D eigenvalue weighted by Gasteiger charge is 2.11. The minimum absolute atomic E-state index is 0.00424. The molecule has 0 aliphatic carbocycles. The van der Waals surface area contributed by atoms with Crippen LogP contribution in [0.2, 0.25) is 0 Å². The fourth-order valence-electron chi connectivity index (χ4n) is 1.38. The average Bonchev–Trinajstić information content (AvgIpc) is 2.33. The number of anilines is 1. The predicted octanol–water partition coefficient (Wildman–Crippen LogP) is 2.64. The first kappa shape index (κ1) is 11.9. The second-order valence-corrected chi connectivity index (χ2v) is 4.36. The second-order valence-electron chi connectivity index (χ2n) is 3.45. The van der Waals surface area contributed by atoms with Gasteiger partial charge in [0.2, 0.25) is 0 Å². The molecular formula is C11H10BrFN4. The maximum atomic E-state index is 13.5. The third-order valence-corrected chi connectivity index (χ3v) is 2.78. The second kappa shape index (κ2) is 4.77. The Morgan fingerprint density at radius 2 is 1.88 bits per heavy atom. The standard InChI is InChI=1S/C11H10BrFN4/c1-6-9(13)11(17-14)16-10(15-6)7-2-4-8(12)5-3-7/h2-5H,14H2,1H3,(H,15,16,17). The number of hydrogen-bond donors (Lipinski definition) is 2. The predicted molar refractivity (Wildman–Crippen MR) is 67.7 cm³/mol. The molecule has 0 spiro atoms. The molecule has 0 unspecified atom stereocenters. The number of hydrazine groups is 1. The number of benzene rings is 1. The number of aromatic nitrogens is 2. The van der Waals surface area contributed by atoms with Crippen LogP contribution in [0.3, 0.4) is 0 Å². The van der Waals surface area contributed by atoms with Gasteiger partial charge in [-0.1, -0.05) is 28.1 Å². The molecule has 17 heavy (non-hydrogen) atoms. The van der Waals surface area contributed by atoms with E-state index in [2.05, 4.69) is 31.3 Å². The minimum Gasteiger partial charge on any atom is -0.306 e. The molecule has 4 nitrogen and oxygen atoms in total. The van der Waals surface area contributed by atoms with Gasteiger partial charge in [-0.2, -0.15) is 0 Å². The van der Waals surface area contributed by atoms with Gasteiger partial charge in [0.05, 0.1) is 5.69 Å². The maximum absolute atomic E-state index is 13.5. The third kappa shape index (κ3) is 2.42. The summed E-state index contributed by atoms with van der Waals surface area (Å²) in [4.78, 5) is 8.10. The van der Waals surface area contributed by atoms with Crippen LogP contribution in [0.5, 0.6) is 0 Å². The lowest BCUT2D eigenvalue weighted by molar-refractivity contribution is 0.606. The van der Waals surface area contributed by atoms with Crippen LogP contribution in [-0.4, -0.2) is 9.97 Å². The molecule has 1 aromatic carbocycles. The van der Waals surface area contributed by atoms with Crippen molar-refractivity contribution in [3.8, 4) is 11.4 Å². The maximum Gasteiger partial charge on any atom is 0.187 e. The molecule has 0 bridgehead atoms.